The van der Waals surface area contributed by atoms with Crippen LogP contribution in [-0.2, 0) is 11.3 Å². The van der Waals surface area contributed by atoms with E-state index >= 15 is 0 Å². The van der Waals surface area contributed by atoms with Gasteiger partial charge in [-0.1, -0.05) is 0 Å². The summed E-state index contributed by atoms with van der Waals surface area (Å²) >= 11 is 5.22. The molecule has 5 heteroatoms. The van der Waals surface area contributed by atoms with Crippen molar-refractivity contribution >= 4 is 27.3 Å². The Hall–Kier alpha value is 0.0600. The maximum absolute atomic E-state index is 5.27. The predicted molar refractivity (Wildman–Crippen MR) is 61.3 cm³/mol. The Morgan fingerprint density at radius 2 is 2.29 bits per heavy atom. The number of morpholine rings is 1. The first-order valence-corrected chi connectivity index (χ1v) is 6.31. The minimum Gasteiger partial charge on any atom is -0.379 e. The monoisotopic (exact) mass is 276 g/mol. The number of halogens is 1. The molecule has 1 saturated heterocycles. The smallest absolute Gasteiger partial charge is 0.0608 e. The van der Waals surface area contributed by atoms with Gasteiger partial charge < -0.3 is 4.74 Å². The van der Waals surface area contributed by atoms with E-state index in [2.05, 4.69) is 37.8 Å². The molecule has 0 spiro atoms. The van der Waals surface area contributed by atoms with Gasteiger partial charge in [0.25, 0.3) is 0 Å². The van der Waals surface area contributed by atoms with Crippen LogP contribution in [0.15, 0.2) is 15.9 Å². The van der Waals surface area contributed by atoms with Gasteiger partial charge in [-0.05, 0) is 22.0 Å². The van der Waals surface area contributed by atoms with Crippen LogP contribution < -0.4 is 5.43 Å². The third-order valence-corrected chi connectivity index (χ3v) is 3.81. The Labute approximate surface area is 96.2 Å². The van der Waals surface area contributed by atoms with Crippen molar-refractivity contribution < 1.29 is 4.74 Å². The summed E-state index contributed by atoms with van der Waals surface area (Å²) in [7, 11) is 0. The van der Waals surface area contributed by atoms with Gasteiger partial charge in [-0.3, -0.25) is 0 Å². The van der Waals surface area contributed by atoms with Crippen molar-refractivity contribution in [3.05, 3.63) is 20.8 Å². The molecule has 3 nitrogen and oxygen atoms in total. The highest BCUT2D eigenvalue weighted by Crippen LogP contribution is 2.19. The molecular formula is C9H13BrN2OS. The van der Waals surface area contributed by atoms with Crippen molar-refractivity contribution in [2.75, 3.05) is 26.3 Å². The van der Waals surface area contributed by atoms with Crippen LogP contribution in [0, 0.1) is 0 Å². The minimum atomic E-state index is 0.834. The lowest BCUT2D eigenvalue weighted by molar-refractivity contribution is 0.0107. The van der Waals surface area contributed by atoms with Crippen LogP contribution in [-0.4, -0.2) is 31.3 Å². The van der Waals surface area contributed by atoms with Gasteiger partial charge in [0.05, 0.1) is 13.2 Å². The minimum absolute atomic E-state index is 0.834. The van der Waals surface area contributed by atoms with Crippen molar-refractivity contribution in [3.8, 4) is 0 Å². The number of thiophene rings is 1. The van der Waals surface area contributed by atoms with E-state index in [1.165, 1.54) is 9.35 Å². The van der Waals surface area contributed by atoms with E-state index in [1.54, 1.807) is 11.3 Å². The zero-order valence-corrected chi connectivity index (χ0v) is 10.2. The molecule has 0 bridgehead atoms. The molecule has 1 aliphatic rings. The Balaban J connectivity index is 1.76. The standard InChI is InChI=1S/C9H13BrN2OS/c10-8-5-9(14-7-8)6-11-12-1-3-13-4-2-12/h5,7,11H,1-4,6H2. The lowest BCUT2D eigenvalue weighted by Gasteiger charge is -2.26. The topological polar surface area (TPSA) is 24.5 Å². The van der Waals surface area contributed by atoms with Crippen LogP contribution in [0.25, 0.3) is 0 Å². The van der Waals surface area contributed by atoms with E-state index in [1.807, 2.05) is 0 Å². The second-order valence-corrected chi connectivity index (χ2v) is 5.08. The lowest BCUT2D eigenvalue weighted by atomic mass is 10.4. The highest BCUT2D eigenvalue weighted by atomic mass is 79.9. The van der Waals surface area contributed by atoms with Crippen molar-refractivity contribution in [1.82, 2.24) is 10.4 Å². The van der Waals surface area contributed by atoms with Crippen molar-refractivity contribution in [3.63, 3.8) is 0 Å². The molecule has 0 atom stereocenters. The zero-order valence-electron chi connectivity index (χ0n) is 7.83. The Bertz CT molecular complexity index is 286. The molecular weight excluding hydrogens is 264 g/mol. The number of nitrogens with zero attached hydrogens (tertiary/aromatic N) is 1. The highest BCUT2D eigenvalue weighted by Gasteiger charge is 2.09. The fraction of sp³-hybridized carbons (Fsp3) is 0.556. The van der Waals surface area contributed by atoms with Gasteiger partial charge in [0.2, 0.25) is 0 Å². The van der Waals surface area contributed by atoms with Crippen molar-refractivity contribution in [2.24, 2.45) is 0 Å². The largest absolute Gasteiger partial charge is 0.379 e. The van der Waals surface area contributed by atoms with Gasteiger partial charge in [-0.2, -0.15) is 0 Å². The molecule has 1 aromatic heterocycles. The van der Waals surface area contributed by atoms with E-state index in [0.29, 0.717) is 0 Å². The van der Waals surface area contributed by atoms with Gasteiger partial charge in [0.15, 0.2) is 0 Å². The molecule has 1 aromatic rings. The van der Waals surface area contributed by atoms with Crippen molar-refractivity contribution in [2.45, 2.75) is 6.54 Å². The molecule has 0 unspecified atom stereocenters. The third-order valence-electron chi connectivity index (χ3n) is 2.11. The van der Waals surface area contributed by atoms with E-state index in [0.717, 1.165) is 32.8 Å². The summed E-state index contributed by atoms with van der Waals surface area (Å²) < 4.78 is 6.44. The Kier molecular flexibility index (Phi) is 3.95. The van der Waals surface area contributed by atoms with Gasteiger partial charge in [0, 0.05) is 34.4 Å². The average Bonchev–Trinajstić information content (AvgIpc) is 2.63. The number of hydrogen-bond donors (Lipinski definition) is 1. The van der Waals surface area contributed by atoms with Crippen LogP contribution in [0.5, 0.6) is 0 Å². The average molecular weight is 277 g/mol. The number of ether oxygens (including phenoxy) is 1. The molecule has 0 radical (unpaired) electrons. The number of hydrazine groups is 1. The summed E-state index contributed by atoms with van der Waals surface area (Å²) in [6.45, 7) is 4.54. The molecule has 1 aliphatic heterocycles. The fourth-order valence-electron chi connectivity index (χ4n) is 1.36. The summed E-state index contributed by atoms with van der Waals surface area (Å²) in [5.74, 6) is 0. The molecule has 0 aromatic carbocycles. The molecule has 14 heavy (non-hydrogen) atoms. The first-order chi connectivity index (χ1) is 6.84. The summed E-state index contributed by atoms with van der Waals surface area (Å²) in [5, 5.41) is 4.33. The lowest BCUT2D eigenvalue weighted by Crippen LogP contribution is -2.45. The second-order valence-electron chi connectivity index (χ2n) is 3.17. The van der Waals surface area contributed by atoms with E-state index < -0.39 is 0 Å². The normalized spacial score (nSPS) is 18.6. The summed E-state index contributed by atoms with van der Waals surface area (Å²) in [6.07, 6.45) is 0. The Morgan fingerprint density at radius 1 is 1.50 bits per heavy atom. The number of nitrogens with one attached hydrogen (secondary N) is 1. The molecule has 0 amide bonds. The van der Waals surface area contributed by atoms with Crippen molar-refractivity contribution in [1.29, 1.82) is 0 Å². The fourth-order valence-corrected chi connectivity index (χ4v) is 2.74. The van der Waals surface area contributed by atoms with Gasteiger partial charge in [-0.15, -0.1) is 11.3 Å². The maximum atomic E-state index is 5.27. The number of hydrogen-bond acceptors (Lipinski definition) is 4. The number of rotatable bonds is 3. The highest BCUT2D eigenvalue weighted by molar-refractivity contribution is 9.10. The first kappa shape index (κ1) is 10.6. The molecule has 0 aliphatic carbocycles. The van der Waals surface area contributed by atoms with Crippen LogP contribution in [0.2, 0.25) is 0 Å². The quantitative estimate of drug-likeness (QED) is 0.912. The van der Waals surface area contributed by atoms with Crippen LogP contribution in [0.3, 0.4) is 0 Å². The second kappa shape index (κ2) is 5.23. The molecule has 78 valence electrons. The van der Waals surface area contributed by atoms with Gasteiger partial charge >= 0.3 is 0 Å². The molecule has 1 N–H and O–H groups in total. The zero-order chi connectivity index (χ0) is 9.80. The molecule has 2 rings (SSSR count). The molecule has 2 heterocycles. The summed E-state index contributed by atoms with van der Waals surface area (Å²) in [4.78, 5) is 1.35. The summed E-state index contributed by atoms with van der Waals surface area (Å²) in [5.41, 5.74) is 3.39. The maximum Gasteiger partial charge on any atom is 0.0608 e. The van der Waals surface area contributed by atoms with Crippen LogP contribution in [0.1, 0.15) is 4.88 Å². The predicted octanol–water partition coefficient (Wildman–Crippen LogP) is 1.85. The molecule has 1 fully saturated rings. The van der Waals surface area contributed by atoms with Gasteiger partial charge in [0.1, 0.15) is 0 Å². The van der Waals surface area contributed by atoms with Crippen LogP contribution >= 0.6 is 27.3 Å². The Morgan fingerprint density at radius 3 is 2.93 bits per heavy atom. The summed E-state index contributed by atoms with van der Waals surface area (Å²) in [6, 6.07) is 2.15. The van der Waals surface area contributed by atoms with E-state index in [-0.39, 0.29) is 0 Å². The van der Waals surface area contributed by atoms with E-state index in [4.69, 9.17) is 4.74 Å². The van der Waals surface area contributed by atoms with Gasteiger partial charge in [-0.25, -0.2) is 10.4 Å². The van der Waals surface area contributed by atoms with Crippen LogP contribution in [0.4, 0.5) is 0 Å². The molecule has 0 saturated carbocycles. The third kappa shape index (κ3) is 3.03. The first-order valence-electron chi connectivity index (χ1n) is 4.64. The SMILES string of the molecule is Brc1csc(CNN2CCOCC2)c1. The van der Waals surface area contributed by atoms with E-state index in [9.17, 15) is 0 Å².